The van der Waals surface area contributed by atoms with Crippen LogP contribution >= 0.6 is 22.9 Å². The Morgan fingerprint density at radius 3 is 2.80 bits per heavy atom. The number of nitrogens with zero attached hydrogens (tertiary/aromatic N) is 1. The van der Waals surface area contributed by atoms with Crippen molar-refractivity contribution in [3.8, 4) is 10.6 Å². The van der Waals surface area contributed by atoms with Crippen molar-refractivity contribution in [2.45, 2.75) is 6.54 Å². The molecule has 0 amide bonds. The summed E-state index contributed by atoms with van der Waals surface area (Å²) in [5.41, 5.74) is 13.5. The normalized spacial score (nSPS) is 10.5. The van der Waals surface area contributed by atoms with Gasteiger partial charge in [0.1, 0.15) is 5.01 Å². The van der Waals surface area contributed by atoms with Crippen molar-refractivity contribution < 1.29 is 0 Å². The topological polar surface area (TPSA) is 64.9 Å². The monoisotopic (exact) mass is 239 g/mol. The van der Waals surface area contributed by atoms with Crippen molar-refractivity contribution in [1.82, 2.24) is 4.98 Å². The second-order valence-corrected chi connectivity index (χ2v) is 4.35. The first-order valence-electron chi connectivity index (χ1n) is 4.40. The van der Waals surface area contributed by atoms with Crippen molar-refractivity contribution in [2.24, 2.45) is 5.73 Å². The number of nitrogens with two attached hydrogens (primary N) is 2. The predicted molar refractivity (Wildman–Crippen MR) is 64.9 cm³/mol. The maximum Gasteiger partial charge on any atom is 0.125 e. The van der Waals surface area contributed by atoms with Crippen LogP contribution in [0.5, 0.6) is 0 Å². The van der Waals surface area contributed by atoms with Gasteiger partial charge >= 0.3 is 0 Å². The maximum atomic E-state index is 6.07. The fourth-order valence-corrected chi connectivity index (χ4v) is 2.44. The van der Waals surface area contributed by atoms with E-state index in [1.54, 1.807) is 6.07 Å². The number of benzene rings is 1. The van der Waals surface area contributed by atoms with Crippen LogP contribution in [0.25, 0.3) is 10.6 Å². The molecule has 0 spiro atoms. The molecule has 5 heteroatoms. The van der Waals surface area contributed by atoms with Crippen LogP contribution in [-0.2, 0) is 6.54 Å². The van der Waals surface area contributed by atoms with Gasteiger partial charge in [-0.15, -0.1) is 11.3 Å². The van der Waals surface area contributed by atoms with Crippen LogP contribution in [-0.4, -0.2) is 4.98 Å². The van der Waals surface area contributed by atoms with Gasteiger partial charge in [-0.1, -0.05) is 11.6 Å². The lowest BCUT2D eigenvalue weighted by molar-refractivity contribution is 1.01. The second kappa shape index (κ2) is 4.18. The van der Waals surface area contributed by atoms with Gasteiger partial charge in [0, 0.05) is 23.2 Å². The van der Waals surface area contributed by atoms with Crippen molar-refractivity contribution in [2.75, 3.05) is 5.73 Å². The molecular formula is C10H10ClN3S. The van der Waals surface area contributed by atoms with Crippen LogP contribution in [0, 0.1) is 0 Å². The molecule has 0 bridgehead atoms. The molecule has 0 atom stereocenters. The number of hydrogen-bond acceptors (Lipinski definition) is 4. The van der Waals surface area contributed by atoms with E-state index in [9.17, 15) is 0 Å². The molecule has 2 rings (SSSR count). The summed E-state index contributed by atoms with van der Waals surface area (Å²) >= 11 is 7.60. The molecule has 0 fully saturated rings. The summed E-state index contributed by atoms with van der Waals surface area (Å²) in [5.74, 6) is 0. The van der Waals surface area contributed by atoms with Crippen LogP contribution < -0.4 is 11.5 Å². The molecule has 3 nitrogen and oxygen atoms in total. The van der Waals surface area contributed by atoms with Crippen LogP contribution in [0.15, 0.2) is 23.6 Å². The van der Waals surface area contributed by atoms with Crippen molar-refractivity contribution in [1.29, 1.82) is 0 Å². The highest BCUT2D eigenvalue weighted by molar-refractivity contribution is 7.13. The van der Waals surface area contributed by atoms with Gasteiger partial charge in [0.15, 0.2) is 0 Å². The predicted octanol–water partition coefficient (Wildman–Crippen LogP) is 2.50. The third-order valence-corrected chi connectivity index (χ3v) is 3.22. The number of anilines is 1. The second-order valence-electron chi connectivity index (χ2n) is 3.09. The van der Waals surface area contributed by atoms with Crippen molar-refractivity contribution in [3.05, 3.63) is 34.3 Å². The Morgan fingerprint density at radius 1 is 1.40 bits per heavy atom. The minimum absolute atomic E-state index is 0.448. The number of nitrogen functional groups attached to an aromatic ring is 1. The Balaban J connectivity index is 2.44. The Morgan fingerprint density at radius 2 is 2.20 bits per heavy atom. The van der Waals surface area contributed by atoms with E-state index >= 15 is 0 Å². The first kappa shape index (κ1) is 10.4. The van der Waals surface area contributed by atoms with E-state index in [0.29, 0.717) is 17.3 Å². The molecule has 0 saturated carbocycles. The smallest absolute Gasteiger partial charge is 0.125 e. The van der Waals surface area contributed by atoms with E-state index < -0.39 is 0 Å². The highest BCUT2D eigenvalue weighted by Gasteiger charge is 2.07. The van der Waals surface area contributed by atoms with Crippen LogP contribution in [0.3, 0.4) is 0 Å². The molecule has 4 N–H and O–H groups in total. The molecule has 2 aromatic rings. The number of thiazole rings is 1. The van der Waals surface area contributed by atoms with Crippen LogP contribution in [0.1, 0.15) is 5.69 Å². The summed E-state index contributed by atoms with van der Waals surface area (Å²) in [7, 11) is 0. The van der Waals surface area contributed by atoms with Gasteiger partial charge in [-0.2, -0.15) is 0 Å². The van der Waals surface area contributed by atoms with Gasteiger partial charge in [-0.25, -0.2) is 4.98 Å². The highest BCUT2D eigenvalue weighted by atomic mass is 35.5. The third-order valence-electron chi connectivity index (χ3n) is 1.98. The SMILES string of the molecule is NCc1csc(-c2ccc(N)cc2Cl)n1. The quantitative estimate of drug-likeness (QED) is 0.792. The van der Waals surface area contributed by atoms with Gasteiger partial charge < -0.3 is 11.5 Å². The molecule has 1 aromatic heterocycles. The summed E-state index contributed by atoms with van der Waals surface area (Å²) < 4.78 is 0. The highest BCUT2D eigenvalue weighted by Crippen LogP contribution is 2.31. The Hall–Kier alpha value is -1.10. The largest absolute Gasteiger partial charge is 0.399 e. The number of rotatable bonds is 2. The average Bonchev–Trinajstić information content (AvgIpc) is 2.66. The minimum Gasteiger partial charge on any atom is -0.399 e. The van der Waals surface area contributed by atoms with E-state index in [-0.39, 0.29) is 0 Å². The van der Waals surface area contributed by atoms with E-state index in [0.717, 1.165) is 16.3 Å². The van der Waals surface area contributed by atoms with Crippen molar-refractivity contribution >= 4 is 28.6 Å². The Kier molecular flexibility index (Phi) is 2.90. The van der Waals surface area contributed by atoms with E-state index in [2.05, 4.69) is 4.98 Å². The maximum absolute atomic E-state index is 6.07. The van der Waals surface area contributed by atoms with Gasteiger partial charge in [-0.3, -0.25) is 0 Å². The zero-order chi connectivity index (χ0) is 10.8. The molecule has 78 valence electrons. The lowest BCUT2D eigenvalue weighted by Crippen LogP contribution is -1.95. The zero-order valence-corrected chi connectivity index (χ0v) is 9.48. The molecule has 0 aliphatic rings. The summed E-state index contributed by atoms with van der Waals surface area (Å²) in [4.78, 5) is 4.36. The molecule has 0 saturated heterocycles. The molecule has 0 aliphatic carbocycles. The third kappa shape index (κ3) is 2.12. The van der Waals surface area contributed by atoms with Gasteiger partial charge in [0.25, 0.3) is 0 Å². The number of halogens is 1. The van der Waals surface area contributed by atoms with Gasteiger partial charge in [-0.05, 0) is 18.2 Å². The molecule has 1 aromatic carbocycles. The molecule has 0 aliphatic heterocycles. The summed E-state index contributed by atoms with van der Waals surface area (Å²) in [6.45, 7) is 0.448. The molecule has 0 unspecified atom stereocenters. The summed E-state index contributed by atoms with van der Waals surface area (Å²) in [6, 6.07) is 5.40. The summed E-state index contributed by atoms with van der Waals surface area (Å²) in [5, 5.41) is 3.43. The first-order valence-corrected chi connectivity index (χ1v) is 5.66. The van der Waals surface area contributed by atoms with E-state index in [1.165, 1.54) is 11.3 Å². The minimum atomic E-state index is 0.448. The van der Waals surface area contributed by atoms with Crippen molar-refractivity contribution in [3.63, 3.8) is 0 Å². The fourth-order valence-electron chi connectivity index (χ4n) is 1.23. The Bertz CT molecular complexity index is 481. The van der Waals surface area contributed by atoms with Crippen LogP contribution in [0.2, 0.25) is 5.02 Å². The number of aromatic nitrogens is 1. The lowest BCUT2D eigenvalue weighted by Gasteiger charge is -2.01. The molecule has 0 radical (unpaired) electrons. The van der Waals surface area contributed by atoms with E-state index in [4.69, 9.17) is 23.1 Å². The Labute approximate surface area is 96.7 Å². The molecule has 15 heavy (non-hydrogen) atoms. The average molecular weight is 240 g/mol. The summed E-state index contributed by atoms with van der Waals surface area (Å²) in [6.07, 6.45) is 0. The van der Waals surface area contributed by atoms with Gasteiger partial charge in [0.05, 0.1) is 10.7 Å². The molecule has 1 heterocycles. The van der Waals surface area contributed by atoms with Crippen LogP contribution in [0.4, 0.5) is 5.69 Å². The first-order chi connectivity index (χ1) is 7.20. The zero-order valence-electron chi connectivity index (χ0n) is 7.90. The molecular weight excluding hydrogens is 230 g/mol. The number of hydrogen-bond donors (Lipinski definition) is 2. The van der Waals surface area contributed by atoms with Gasteiger partial charge in [0.2, 0.25) is 0 Å². The fraction of sp³-hybridized carbons (Fsp3) is 0.100. The lowest BCUT2D eigenvalue weighted by atomic mass is 10.2. The standard InChI is InChI=1S/C10H10ClN3S/c11-9-3-6(13)1-2-8(9)10-14-7(4-12)5-15-10/h1-3,5H,4,12-13H2. The van der Waals surface area contributed by atoms with E-state index in [1.807, 2.05) is 17.5 Å².